The van der Waals surface area contributed by atoms with E-state index in [0.29, 0.717) is 23.1 Å². The third-order valence-corrected chi connectivity index (χ3v) is 4.66. The van der Waals surface area contributed by atoms with Gasteiger partial charge in [-0.1, -0.05) is 35.4 Å². The van der Waals surface area contributed by atoms with Crippen LogP contribution < -0.4 is 10.6 Å². The maximum Gasteiger partial charge on any atom is 0.270 e. The highest BCUT2D eigenvalue weighted by molar-refractivity contribution is 6.30. The van der Waals surface area contributed by atoms with Crippen molar-refractivity contribution >= 4 is 23.3 Å². The van der Waals surface area contributed by atoms with Crippen molar-refractivity contribution < 1.29 is 4.79 Å². The maximum absolute atomic E-state index is 12.3. The Labute approximate surface area is 158 Å². The van der Waals surface area contributed by atoms with Crippen LogP contribution in [0.1, 0.15) is 48.2 Å². The number of benzene rings is 1. The molecule has 0 unspecified atom stereocenters. The van der Waals surface area contributed by atoms with Crippen LogP contribution in [-0.4, -0.2) is 22.4 Å². The van der Waals surface area contributed by atoms with Crippen LogP contribution in [0.5, 0.6) is 0 Å². The van der Waals surface area contributed by atoms with E-state index in [2.05, 4.69) is 26.7 Å². The normalized spacial score (nSPS) is 13.8. The number of anilines is 1. The largest absolute Gasteiger partial charge is 0.370 e. The number of halogens is 1. The van der Waals surface area contributed by atoms with Crippen LogP contribution in [0, 0.1) is 0 Å². The van der Waals surface area contributed by atoms with E-state index in [-0.39, 0.29) is 5.91 Å². The second-order valence-electron chi connectivity index (χ2n) is 6.38. The molecule has 1 heterocycles. The predicted octanol–water partition coefficient (Wildman–Crippen LogP) is 4.36. The van der Waals surface area contributed by atoms with E-state index in [1.807, 2.05) is 12.1 Å². The summed E-state index contributed by atoms with van der Waals surface area (Å²) in [5.41, 5.74) is 2.85. The highest BCUT2D eigenvalue weighted by Crippen LogP contribution is 2.20. The summed E-state index contributed by atoms with van der Waals surface area (Å²) in [6.45, 7) is 1.24. The van der Waals surface area contributed by atoms with Crippen molar-refractivity contribution in [1.29, 1.82) is 0 Å². The molecule has 0 radical (unpaired) electrons. The summed E-state index contributed by atoms with van der Waals surface area (Å²) in [6.07, 6.45) is 9.77. The summed E-state index contributed by atoms with van der Waals surface area (Å²) >= 11 is 5.86. The number of amides is 1. The first-order valence-electron chi connectivity index (χ1n) is 8.97. The van der Waals surface area contributed by atoms with E-state index in [9.17, 15) is 4.79 Å². The first-order chi connectivity index (χ1) is 12.7. The minimum atomic E-state index is -0.222. The van der Waals surface area contributed by atoms with Crippen LogP contribution in [0.4, 0.5) is 5.82 Å². The molecule has 0 saturated heterocycles. The Bertz CT molecular complexity index is 774. The average Bonchev–Trinajstić information content (AvgIpc) is 2.68. The fourth-order valence-electron chi connectivity index (χ4n) is 2.94. The summed E-state index contributed by atoms with van der Waals surface area (Å²) in [5, 5.41) is 6.82. The summed E-state index contributed by atoms with van der Waals surface area (Å²) in [6, 6.07) is 9.06. The molecule has 6 heteroatoms. The lowest BCUT2D eigenvalue weighted by Gasteiger charge is -2.13. The highest BCUT2D eigenvalue weighted by Gasteiger charge is 2.09. The third kappa shape index (κ3) is 5.56. The molecule has 1 aliphatic rings. The topological polar surface area (TPSA) is 66.9 Å². The van der Waals surface area contributed by atoms with Crippen LogP contribution in [-0.2, 0) is 6.54 Å². The number of hydrogen-bond acceptors (Lipinski definition) is 4. The van der Waals surface area contributed by atoms with Crippen molar-refractivity contribution in [3.05, 3.63) is 64.6 Å². The molecule has 0 bridgehead atoms. The van der Waals surface area contributed by atoms with Gasteiger partial charge in [-0.2, -0.15) is 0 Å². The Kier molecular flexibility index (Phi) is 6.61. The molecular formula is C20H23ClN4O. The lowest BCUT2D eigenvalue weighted by Crippen LogP contribution is -2.24. The number of aromatic nitrogens is 2. The molecule has 2 N–H and O–H groups in total. The van der Waals surface area contributed by atoms with Gasteiger partial charge in [-0.25, -0.2) is 9.97 Å². The molecule has 1 aliphatic carbocycles. The summed E-state index contributed by atoms with van der Waals surface area (Å²) in [5.74, 6) is 0.452. The van der Waals surface area contributed by atoms with Gasteiger partial charge in [-0.3, -0.25) is 4.79 Å². The fraction of sp³-hybridized carbons (Fsp3) is 0.350. The molecule has 1 aromatic carbocycles. The summed E-state index contributed by atoms with van der Waals surface area (Å²) in [7, 11) is 0. The van der Waals surface area contributed by atoms with Crippen molar-refractivity contribution in [2.45, 2.75) is 38.6 Å². The van der Waals surface area contributed by atoms with Gasteiger partial charge in [0.1, 0.15) is 17.8 Å². The van der Waals surface area contributed by atoms with E-state index in [1.54, 1.807) is 18.2 Å². The molecule has 1 amide bonds. The third-order valence-electron chi connectivity index (χ3n) is 4.40. The van der Waals surface area contributed by atoms with Crippen LogP contribution in [0.2, 0.25) is 5.02 Å². The van der Waals surface area contributed by atoms with Gasteiger partial charge in [0.05, 0.1) is 0 Å². The number of allylic oxidation sites excluding steroid dienone is 1. The number of nitrogens with zero attached hydrogens (tertiary/aromatic N) is 2. The van der Waals surface area contributed by atoms with E-state index < -0.39 is 0 Å². The molecule has 136 valence electrons. The van der Waals surface area contributed by atoms with Gasteiger partial charge in [-0.05, 0) is 49.8 Å². The number of hydrogen-bond donors (Lipinski definition) is 2. The molecule has 5 nitrogen and oxygen atoms in total. The highest BCUT2D eigenvalue weighted by atomic mass is 35.5. The Balaban J connectivity index is 1.50. The molecule has 0 spiro atoms. The van der Waals surface area contributed by atoms with E-state index >= 15 is 0 Å². The lowest BCUT2D eigenvalue weighted by atomic mass is 9.97. The van der Waals surface area contributed by atoms with Gasteiger partial charge in [0.2, 0.25) is 0 Å². The van der Waals surface area contributed by atoms with Crippen molar-refractivity contribution in [3.8, 4) is 0 Å². The van der Waals surface area contributed by atoms with Crippen LogP contribution in [0.25, 0.3) is 0 Å². The smallest absolute Gasteiger partial charge is 0.270 e. The van der Waals surface area contributed by atoms with Crippen LogP contribution in [0.15, 0.2) is 48.3 Å². The number of nitrogens with one attached hydrogen (secondary N) is 2. The zero-order valence-corrected chi connectivity index (χ0v) is 15.4. The summed E-state index contributed by atoms with van der Waals surface area (Å²) < 4.78 is 0. The number of rotatable bonds is 7. The second-order valence-corrected chi connectivity index (χ2v) is 6.82. The zero-order valence-electron chi connectivity index (χ0n) is 14.7. The molecule has 2 aromatic rings. The molecule has 0 fully saturated rings. The predicted molar refractivity (Wildman–Crippen MR) is 104 cm³/mol. The van der Waals surface area contributed by atoms with Crippen LogP contribution >= 0.6 is 11.6 Å². The molecular weight excluding hydrogens is 348 g/mol. The fourth-order valence-corrected chi connectivity index (χ4v) is 3.06. The van der Waals surface area contributed by atoms with Gasteiger partial charge >= 0.3 is 0 Å². The molecule has 0 atom stereocenters. The van der Waals surface area contributed by atoms with Gasteiger partial charge in [0, 0.05) is 24.2 Å². The Morgan fingerprint density at radius 2 is 2.00 bits per heavy atom. The summed E-state index contributed by atoms with van der Waals surface area (Å²) in [4.78, 5) is 20.6. The van der Waals surface area contributed by atoms with Gasteiger partial charge in [-0.15, -0.1) is 0 Å². The van der Waals surface area contributed by atoms with Gasteiger partial charge in [0.25, 0.3) is 5.91 Å². The van der Waals surface area contributed by atoms with E-state index in [0.717, 1.165) is 18.5 Å². The molecule has 26 heavy (non-hydrogen) atoms. The minimum Gasteiger partial charge on any atom is -0.370 e. The standard InChI is InChI=1S/C20H23ClN4O/c21-17-8-6-16(7-9-17)13-23-20(26)18-12-19(25-14-24-18)22-11-10-15-4-2-1-3-5-15/h4,6-9,12,14H,1-3,5,10-11,13H2,(H,23,26)(H,22,24,25). The Morgan fingerprint density at radius 1 is 1.15 bits per heavy atom. The van der Waals surface area contributed by atoms with Crippen molar-refractivity contribution in [3.63, 3.8) is 0 Å². The van der Waals surface area contributed by atoms with E-state index in [4.69, 9.17) is 11.6 Å². The zero-order chi connectivity index (χ0) is 18.2. The number of carbonyl (C=O) groups is 1. The van der Waals surface area contributed by atoms with E-state index in [1.165, 1.54) is 37.6 Å². The second kappa shape index (κ2) is 9.34. The maximum atomic E-state index is 12.3. The first kappa shape index (κ1) is 18.4. The SMILES string of the molecule is O=C(NCc1ccc(Cl)cc1)c1cc(NCCC2=CCCCC2)ncn1. The molecule has 0 saturated carbocycles. The number of carbonyl (C=O) groups excluding carboxylic acids is 1. The van der Waals surface area contributed by atoms with Crippen LogP contribution in [0.3, 0.4) is 0 Å². The quantitative estimate of drug-likeness (QED) is 0.710. The average molecular weight is 371 g/mol. The van der Waals surface area contributed by atoms with Gasteiger partial charge in [0.15, 0.2) is 0 Å². The van der Waals surface area contributed by atoms with Crippen molar-refractivity contribution in [1.82, 2.24) is 15.3 Å². The monoisotopic (exact) mass is 370 g/mol. The molecule has 1 aromatic heterocycles. The van der Waals surface area contributed by atoms with Crippen molar-refractivity contribution in [2.24, 2.45) is 0 Å². The van der Waals surface area contributed by atoms with Crippen molar-refractivity contribution in [2.75, 3.05) is 11.9 Å². The Hall–Kier alpha value is -2.40. The van der Waals surface area contributed by atoms with Gasteiger partial charge < -0.3 is 10.6 Å². The lowest BCUT2D eigenvalue weighted by molar-refractivity contribution is 0.0946. The Morgan fingerprint density at radius 3 is 2.77 bits per heavy atom. The first-order valence-corrected chi connectivity index (χ1v) is 9.35. The molecule has 0 aliphatic heterocycles. The minimum absolute atomic E-state index is 0.222. The molecule has 3 rings (SSSR count).